The number of para-hydroxylation sites is 4. The molecule has 0 unspecified atom stereocenters. The Labute approximate surface area is 156 Å². The highest BCUT2D eigenvalue weighted by Crippen LogP contribution is 2.22. The summed E-state index contributed by atoms with van der Waals surface area (Å²) >= 11 is 0. The van der Waals surface area contributed by atoms with Crippen molar-refractivity contribution in [1.82, 2.24) is 9.55 Å². The maximum absolute atomic E-state index is 13.0. The summed E-state index contributed by atoms with van der Waals surface area (Å²) in [4.78, 5) is 17.3. The lowest BCUT2D eigenvalue weighted by molar-refractivity contribution is 0.0959. The summed E-state index contributed by atoms with van der Waals surface area (Å²) in [5.74, 6) is 1.13. The predicted octanol–water partition coefficient (Wildman–Crippen LogP) is 4.18. The highest BCUT2D eigenvalue weighted by molar-refractivity contribution is 6.02. The highest BCUT2D eigenvalue weighted by atomic mass is 16.5. The molecule has 0 spiro atoms. The molecule has 1 heterocycles. The van der Waals surface area contributed by atoms with E-state index >= 15 is 0 Å². The number of hydrogen-bond acceptors (Lipinski definition) is 4. The van der Waals surface area contributed by atoms with Crippen LogP contribution in [-0.4, -0.2) is 28.7 Å². The van der Waals surface area contributed by atoms with Crippen molar-refractivity contribution in [1.29, 1.82) is 0 Å². The molecule has 27 heavy (non-hydrogen) atoms. The van der Waals surface area contributed by atoms with Crippen molar-refractivity contribution in [3.05, 3.63) is 90.8 Å². The average Bonchev–Trinajstić information content (AvgIpc) is 3.16. The Bertz CT molecular complexity index is 1060. The zero-order valence-electron chi connectivity index (χ0n) is 14.6. The first-order valence-corrected chi connectivity index (χ1v) is 8.69. The molecule has 4 rings (SSSR count). The first kappa shape index (κ1) is 16.8. The van der Waals surface area contributed by atoms with Crippen LogP contribution < -0.4 is 9.47 Å². The number of nitrogens with zero attached hydrogens (tertiary/aromatic N) is 2. The first-order valence-electron chi connectivity index (χ1n) is 8.69. The van der Waals surface area contributed by atoms with E-state index in [2.05, 4.69) is 4.98 Å². The molecule has 0 aliphatic rings. The van der Waals surface area contributed by atoms with Crippen LogP contribution in [0.3, 0.4) is 0 Å². The van der Waals surface area contributed by atoms with Gasteiger partial charge in [-0.15, -0.1) is 0 Å². The van der Waals surface area contributed by atoms with Crippen LogP contribution >= 0.6 is 0 Å². The number of carbonyl (C=O) groups is 1. The van der Waals surface area contributed by atoms with E-state index < -0.39 is 0 Å². The van der Waals surface area contributed by atoms with Crippen LogP contribution in [-0.2, 0) is 0 Å². The molecule has 1 aromatic heterocycles. The number of benzene rings is 3. The quantitative estimate of drug-likeness (QED) is 0.485. The largest absolute Gasteiger partial charge is 0.490 e. The summed E-state index contributed by atoms with van der Waals surface area (Å²) in [6.45, 7) is 0.727. The van der Waals surface area contributed by atoms with Crippen molar-refractivity contribution >= 4 is 16.9 Å². The number of carbonyl (C=O) groups excluding carboxylic acids is 1. The van der Waals surface area contributed by atoms with Gasteiger partial charge in [-0.25, -0.2) is 4.98 Å². The molecule has 0 atom stereocenters. The minimum atomic E-state index is -0.178. The van der Waals surface area contributed by atoms with Crippen LogP contribution in [0.2, 0.25) is 0 Å². The van der Waals surface area contributed by atoms with Crippen LogP contribution in [0.5, 0.6) is 11.5 Å². The maximum Gasteiger partial charge on any atom is 0.267 e. The summed E-state index contributed by atoms with van der Waals surface area (Å²) in [5.41, 5.74) is 2.03. The van der Waals surface area contributed by atoms with Crippen molar-refractivity contribution in [3.63, 3.8) is 0 Å². The topological polar surface area (TPSA) is 53.4 Å². The first-order chi connectivity index (χ1) is 13.3. The lowest BCUT2D eigenvalue weighted by Crippen LogP contribution is -2.15. The van der Waals surface area contributed by atoms with Crippen molar-refractivity contribution in [2.24, 2.45) is 0 Å². The number of imidazole rings is 1. The van der Waals surface area contributed by atoms with Crippen LogP contribution in [0.4, 0.5) is 0 Å². The van der Waals surface area contributed by atoms with E-state index in [-0.39, 0.29) is 5.91 Å². The monoisotopic (exact) mass is 358 g/mol. The van der Waals surface area contributed by atoms with Gasteiger partial charge in [-0.05, 0) is 36.4 Å². The summed E-state index contributed by atoms with van der Waals surface area (Å²) in [5, 5.41) is 0. The Morgan fingerprint density at radius 2 is 1.52 bits per heavy atom. The molecule has 0 radical (unpaired) electrons. The van der Waals surface area contributed by atoms with Crippen LogP contribution in [0.25, 0.3) is 11.0 Å². The van der Waals surface area contributed by atoms with Gasteiger partial charge >= 0.3 is 0 Å². The second kappa shape index (κ2) is 7.74. The molecule has 0 aliphatic heterocycles. The second-order valence-corrected chi connectivity index (χ2v) is 5.91. The Hall–Kier alpha value is -3.60. The van der Waals surface area contributed by atoms with Gasteiger partial charge < -0.3 is 9.47 Å². The predicted molar refractivity (Wildman–Crippen MR) is 103 cm³/mol. The molecule has 0 saturated heterocycles. The third-order valence-corrected chi connectivity index (χ3v) is 4.14. The van der Waals surface area contributed by atoms with E-state index in [9.17, 15) is 4.79 Å². The Kier molecular flexibility index (Phi) is 4.83. The number of rotatable bonds is 6. The molecule has 0 N–H and O–H groups in total. The SMILES string of the molecule is O=C(c1ccccc1OCCOc1ccccc1)n1cnc2ccccc21. The minimum absolute atomic E-state index is 0.178. The van der Waals surface area contributed by atoms with Crippen LogP contribution in [0.15, 0.2) is 85.2 Å². The third-order valence-electron chi connectivity index (χ3n) is 4.14. The van der Waals surface area contributed by atoms with E-state index in [4.69, 9.17) is 9.47 Å². The molecule has 0 amide bonds. The highest BCUT2D eigenvalue weighted by Gasteiger charge is 2.16. The molecule has 0 bridgehead atoms. The van der Waals surface area contributed by atoms with Gasteiger partial charge in [0.1, 0.15) is 31.0 Å². The molecule has 0 saturated carbocycles. The number of ether oxygens (including phenoxy) is 2. The van der Waals surface area contributed by atoms with Crippen molar-refractivity contribution in [2.75, 3.05) is 13.2 Å². The van der Waals surface area contributed by atoms with Crippen molar-refractivity contribution in [2.45, 2.75) is 0 Å². The Balaban J connectivity index is 1.48. The van der Waals surface area contributed by atoms with Gasteiger partial charge in [0, 0.05) is 0 Å². The van der Waals surface area contributed by atoms with Crippen LogP contribution in [0.1, 0.15) is 10.4 Å². The smallest absolute Gasteiger partial charge is 0.267 e. The molecule has 4 aromatic rings. The molecular formula is C22H18N2O3. The Morgan fingerprint density at radius 3 is 2.41 bits per heavy atom. The van der Waals surface area contributed by atoms with Crippen molar-refractivity contribution < 1.29 is 14.3 Å². The number of fused-ring (bicyclic) bond motifs is 1. The standard InChI is InChI=1S/C22H18N2O3/c25-22(24-16-23-19-11-5-6-12-20(19)24)18-10-4-7-13-21(18)27-15-14-26-17-8-2-1-3-9-17/h1-13,16H,14-15H2. The minimum Gasteiger partial charge on any atom is -0.490 e. The fourth-order valence-corrected chi connectivity index (χ4v) is 2.85. The molecule has 3 aromatic carbocycles. The van der Waals surface area contributed by atoms with Gasteiger partial charge in [-0.2, -0.15) is 0 Å². The van der Waals surface area contributed by atoms with Crippen LogP contribution in [0, 0.1) is 0 Å². The molecule has 5 nitrogen and oxygen atoms in total. The number of aromatic nitrogens is 2. The van der Waals surface area contributed by atoms with Crippen molar-refractivity contribution in [3.8, 4) is 11.5 Å². The maximum atomic E-state index is 13.0. The van der Waals surface area contributed by atoms with E-state index in [0.717, 1.165) is 16.8 Å². The summed E-state index contributed by atoms with van der Waals surface area (Å²) < 4.78 is 13.0. The summed E-state index contributed by atoms with van der Waals surface area (Å²) in [6, 6.07) is 24.3. The van der Waals surface area contributed by atoms with E-state index in [1.165, 1.54) is 4.57 Å². The fourth-order valence-electron chi connectivity index (χ4n) is 2.85. The van der Waals surface area contributed by atoms with E-state index in [0.29, 0.717) is 24.5 Å². The van der Waals surface area contributed by atoms with Gasteiger partial charge in [0.2, 0.25) is 0 Å². The lowest BCUT2D eigenvalue weighted by Gasteiger charge is -2.12. The second-order valence-electron chi connectivity index (χ2n) is 5.91. The van der Waals surface area contributed by atoms with Gasteiger partial charge in [0.25, 0.3) is 5.91 Å². The Morgan fingerprint density at radius 1 is 0.815 bits per heavy atom. The molecule has 0 fully saturated rings. The summed E-state index contributed by atoms with van der Waals surface area (Å²) in [6.07, 6.45) is 1.54. The van der Waals surface area contributed by atoms with E-state index in [1.807, 2.05) is 66.7 Å². The van der Waals surface area contributed by atoms with E-state index in [1.54, 1.807) is 18.5 Å². The molecule has 0 aliphatic carbocycles. The van der Waals surface area contributed by atoms with Gasteiger partial charge in [0.05, 0.1) is 16.6 Å². The summed E-state index contributed by atoms with van der Waals surface area (Å²) in [7, 11) is 0. The normalized spacial score (nSPS) is 10.7. The zero-order valence-corrected chi connectivity index (χ0v) is 14.6. The van der Waals surface area contributed by atoms with Gasteiger partial charge in [0.15, 0.2) is 0 Å². The average molecular weight is 358 g/mol. The third kappa shape index (κ3) is 3.67. The molecule has 5 heteroatoms. The van der Waals surface area contributed by atoms with Gasteiger partial charge in [-0.1, -0.05) is 42.5 Å². The molecule has 134 valence electrons. The lowest BCUT2D eigenvalue weighted by atomic mass is 10.2. The zero-order chi connectivity index (χ0) is 18.5. The fraction of sp³-hybridized carbons (Fsp3) is 0.0909. The number of hydrogen-bond donors (Lipinski definition) is 0. The molecular weight excluding hydrogens is 340 g/mol. The van der Waals surface area contributed by atoms with Gasteiger partial charge in [-0.3, -0.25) is 9.36 Å².